The van der Waals surface area contributed by atoms with Crippen molar-refractivity contribution >= 4 is 5.69 Å². The molecule has 3 heteroatoms. The maximum absolute atomic E-state index is 13.6. The summed E-state index contributed by atoms with van der Waals surface area (Å²) in [5.41, 5.74) is 1.73. The van der Waals surface area contributed by atoms with Crippen molar-refractivity contribution in [3.8, 4) is 0 Å². The van der Waals surface area contributed by atoms with Crippen LogP contribution in [0.15, 0.2) is 18.2 Å². The molecule has 17 heavy (non-hydrogen) atoms. The Hall–Kier alpha value is -1.09. The highest BCUT2D eigenvalue weighted by molar-refractivity contribution is 5.48. The Bertz CT molecular complexity index is 378. The molecule has 1 aromatic rings. The lowest BCUT2D eigenvalue weighted by atomic mass is 10.1. The number of hydrogen-bond acceptors (Lipinski definition) is 2. The van der Waals surface area contributed by atoms with E-state index in [1.807, 2.05) is 12.1 Å². The van der Waals surface area contributed by atoms with Crippen molar-refractivity contribution in [3.63, 3.8) is 0 Å². The van der Waals surface area contributed by atoms with Crippen LogP contribution in [0.3, 0.4) is 0 Å². The van der Waals surface area contributed by atoms with Gasteiger partial charge < -0.3 is 10.2 Å². The van der Waals surface area contributed by atoms with E-state index in [1.54, 1.807) is 13.0 Å². The maximum Gasteiger partial charge on any atom is 0.128 e. The SMILES string of the molecule is Cc1ccc(N2CCCNCC(C)C2)cc1F. The number of benzene rings is 1. The van der Waals surface area contributed by atoms with Crippen LogP contribution in [0.4, 0.5) is 10.1 Å². The highest BCUT2D eigenvalue weighted by atomic mass is 19.1. The van der Waals surface area contributed by atoms with Gasteiger partial charge in [-0.1, -0.05) is 13.0 Å². The van der Waals surface area contributed by atoms with E-state index in [-0.39, 0.29) is 5.82 Å². The van der Waals surface area contributed by atoms with E-state index < -0.39 is 0 Å². The first-order valence-electron chi connectivity index (χ1n) is 6.38. The van der Waals surface area contributed by atoms with Crippen LogP contribution in [-0.2, 0) is 0 Å². The molecular weight excluding hydrogens is 215 g/mol. The lowest BCUT2D eigenvalue weighted by molar-refractivity contribution is 0.467. The minimum atomic E-state index is -0.102. The molecule has 1 heterocycles. The van der Waals surface area contributed by atoms with E-state index in [0.29, 0.717) is 5.92 Å². The summed E-state index contributed by atoms with van der Waals surface area (Å²) in [6, 6.07) is 5.56. The number of hydrogen-bond donors (Lipinski definition) is 1. The molecular formula is C14H21FN2. The number of rotatable bonds is 1. The van der Waals surface area contributed by atoms with Gasteiger partial charge >= 0.3 is 0 Å². The molecule has 0 aliphatic carbocycles. The Kier molecular flexibility index (Phi) is 4.00. The molecule has 1 aliphatic rings. The normalized spacial score (nSPS) is 22.1. The third-order valence-corrected chi connectivity index (χ3v) is 3.33. The number of aryl methyl sites for hydroxylation is 1. The van der Waals surface area contributed by atoms with Crippen molar-refractivity contribution in [1.82, 2.24) is 5.32 Å². The van der Waals surface area contributed by atoms with Crippen molar-refractivity contribution in [3.05, 3.63) is 29.6 Å². The molecule has 0 amide bonds. The molecule has 0 spiro atoms. The fraction of sp³-hybridized carbons (Fsp3) is 0.571. The second kappa shape index (κ2) is 5.50. The average Bonchev–Trinajstić information content (AvgIpc) is 2.27. The first kappa shape index (κ1) is 12.4. The molecule has 1 aromatic carbocycles. The molecule has 0 saturated carbocycles. The van der Waals surface area contributed by atoms with E-state index in [0.717, 1.165) is 43.9 Å². The maximum atomic E-state index is 13.6. The van der Waals surface area contributed by atoms with E-state index in [2.05, 4.69) is 17.1 Å². The van der Waals surface area contributed by atoms with Crippen molar-refractivity contribution in [2.75, 3.05) is 31.1 Å². The summed E-state index contributed by atoms with van der Waals surface area (Å²) in [6.45, 7) is 8.13. The van der Waals surface area contributed by atoms with Gasteiger partial charge in [-0.2, -0.15) is 0 Å². The minimum Gasteiger partial charge on any atom is -0.371 e. The van der Waals surface area contributed by atoms with Gasteiger partial charge in [0.2, 0.25) is 0 Å². The van der Waals surface area contributed by atoms with E-state index in [4.69, 9.17) is 0 Å². The van der Waals surface area contributed by atoms with Crippen LogP contribution >= 0.6 is 0 Å². The van der Waals surface area contributed by atoms with Crippen LogP contribution in [0.1, 0.15) is 18.9 Å². The van der Waals surface area contributed by atoms with Crippen LogP contribution in [-0.4, -0.2) is 26.2 Å². The molecule has 1 atom stereocenters. The number of nitrogens with one attached hydrogen (secondary N) is 1. The summed E-state index contributed by atoms with van der Waals surface area (Å²) < 4.78 is 13.6. The molecule has 1 N–H and O–H groups in total. The summed E-state index contributed by atoms with van der Waals surface area (Å²) in [5.74, 6) is 0.495. The summed E-state index contributed by atoms with van der Waals surface area (Å²) >= 11 is 0. The molecule has 0 bridgehead atoms. The molecule has 2 nitrogen and oxygen atoms in total. The predicted molar refractivity (Wildman–Crippen MR) is 70.0 cm³/mol. The van der Waals surface area contributed by atoms with Gasteiger partial charge in [-0.15, -0.1) is 0 Å². The van der Waals surface area contributed by atoms with Gasteiger partial charge in [0.15, 0.2) is 0 Å². The fourth-order valence-electron chi connectivity index (χ4n) is 2.29. The lowest BCUT2D eigenvalue weighted by Crippen LogP contribution is -2.38. The zero-order valence-corrected chi connectivity index (χ0v) is 10.7. The topological polar surface area (TPSA) is 15.3 Å². The van der Waals surface area contributed by atoms with Crippen LogP contribution in [0.2, 0.25) is 0 Å². The fourth-order valence-corrected chi connectivity index (χ4v) is 2.29. The van der Waals surface area contributed by atoms with E-state index in [9.17, 15) is 4.39 Å². The van der Waals surface area contributed by atoms with E-state index >= 15 is 0 Å². The highest BCUT2D eigenvalue weighted by Gasteiger charge is 2.14. The minimum absolute atomic E-state index is 0.102. The smallest absolute Gasteiger partial charge is 0.128 e. The van der Waals surface area contributed by atoms with Crippen LogP contribution in [0.5, 0.6) is 0 Å². The molecule has 1 saturated heterocycles. The molecule has 2 rings (SSSR count). The quantitative estimate of drug-likeness (QED) is 0.806. The first-order valence-corrected chi connectivity index (χ1v) is 6.38. The molecule has 1 fully saturated rings. The van der Waals surface area contributed by atoms with Crippen LogP contribution < -0.4 is 10.2 Å². The summed E-state index contributed by atoms with van der Waals surface area (Å²) in [7, 11) is 0. The van der Waals surface area contributed by atoms with Gasteiger partial charge in [-0.05, 0) is 50.0 Å². The van der Waals surface area contributed by atoms with Crippen LogP contribution in [0, 0.1) is 18.7 Å². The Morgan fingerprint density at radius 3 is 3.00 bits per heavy atom. The average molecular weight is 236 g/mol. The van der Waals surface area contributed by atoms with Crippen LogP contribution in [0.25, 0.3) is 0 Å². The molecule has 0 aromatic heterocycles. The molecule has 1 aliphatic heterocycles. The Labute approximate surface area is 103 Å². The van der Waals surface area contributed by atoms with Gasteiger partial charge in [0.25, 0.3) is 0 Å². The monoisotopic (exact) mass is 236 g/mol. The second-order valence-corrected chi connectivity index (χ2v) is 5.04. The Morgan fingerprint density at radius 1 is 1.41 bits per heavy atom. The third kappa shape index (κ3) is 3.19. The lowest BCUT2D eigenvalue weighted by Gasteiger charge is -2.30. The highest BCUT2D eigenvalue weighted by Crippen LogP contribution is 2.20. The van der Waals surface area contributed by atoms with Crippen molar-refractivity contribution < 1.29 is 4.39 Å². The Morgan fingerprint density at radius 2 is 2.24 bits per heavy atom. The van der Waals surface area contributed by atoms with Gasteiger partial charge in [-0.25, -0.2) is 4.39 Å². The van der Waals surface area contributed by atoms with E-state index in [1.165, 1.54) is 0 Å². The number of nitrogens with zero attached hydrogens (tertiary/aromatic N) is 1. The first-order chi connectivity index (χ1) is 8.16. The molecule has 94 valence electrons. The van der Waals surface area contributed by atoms with Gasteiger partial charge in [0, 0.05) is 18.8 Å². The standard InChI is InChI=1S/C14H21FN2/c1-11-9-16-6-3-7-17(10-11)13-5-4-12(2)14(15)8-13/h4-5,8,11,16H,3,6-7,9-10H2,1-2H3. The summed E-state index contributed by atoms with van der Waals surface area (Å²) in [5, 5.41) is 3.43. The van der Waals surface area contributed by atoms with Crippen molar-refractivity contribution in [2.45, 2.75) is 20.3 Å². The largest absolute Gasteiger partial charge is 0.371 e. The zero-order valence-electron chi connectivity index (χ0n) is 10.7. The Balaban J connectivity index is 2.15. The summed E-state index contributed by atoms with van der Waals surface area (Å²) in [4.78, 5) is 2.30. The van der Waals surface area contributed by atoms with Gasteiger partial charge in [0.1, 0.15) is 5.82 Å². The second-order valence-electron chi connectivity index (χ2n) is 5.04. The van der Waals surface area contributed by atoms with Crippen molar-refractivity contribution in [1.29, 1.82) is 0 Å². The zero-order chi connectivity index (χ0) is 12.3. The number of anilines is 1. The predicted octanol–water partition coefficient (Wildman–Crippen LogP) is 2.57. The number of halogens is 1. The van der Waals surface area contributed by atoms with Crippen molar-refractivity contribution in [2.24, 2.45) is 5.92 Å². The van der Waals surface area contributed by atoms with Gasteiger partial charge in [-0.3, -0.25) is 0 Å². The third-order valence-electron chi connectivity index (χ3n) is 3.33. The molecule has 0 radical (unpaired) electrons. The van der Waals surface area contributed by atoms with Gasteiger partial charge in [0.05, 0.1) is 0 Å². The molecule has 1 unspecified atom stereocenters. The summed E-state index contributed by atoms with van der Waals surface area (Å²) in [6.07, 6.45) is 1.11.